The van der Waals surface area contributed by atoms with Crippen molar-refractivity contribution in [3.63, 3.8) is 0 Å². The maximum Gasteiger partial charge on any atom is 0.0945 e. The van der Waals surface area contributed by atoms with Crippen LogP contribution in [0.5, 0.6) is 0 Å². The highest BCUT2D eigenvalue weighted by Crippen LogP contribution is 2.11. The minimum Gasteiger partial charge on any atom is -0.389 e. The van der Waals surface area contributed by atoms with E-state index in [2.05, 4.69) is 41.8 Å². The number of nitrogens with one attached hydrogen (secondary N) is 1. The number of rotatable bonds is 9. The second-order valence-electron chi connectivity index (χ2n) is 5.15. The van der Waals surface area contributed by atoms with Crippen molar-refractivity contribution in [3.05, 3.63) is 27.8 Å². The van der Waals surface area contributed by atoms with E-state index in [1.54, 1.807) is 0 Å². The number of benzene rings is 1. The Balaban J connectivity index is 2.07. The zero-order valence-corrected chi connectivity index (χ0v) is 13.9. The van der Waals surface area contributed by atoms with Crippen LogP contribution in [-0.4, -0.2) is 31.0 Å². The minimum atomic E-state index is -0.460. The quantitative estimate of drug-likeness (QED) is 0.511. The summed E-state index contributed by atoms with van der Waals surface area (Å²) in [5.41, 5.74) is 1.03. The molecule has 0 heterocycles. The first-order chi connectivity index (χ1) is 9.08. The van der Waals surface area contributed by atoms with Crippen molar-refractivity contribution < 1.29 is 9.84 Å². The summed E-state index contributed by atoms with van der Waals surface area (Å²) in [5, 5.41) is 13.0. The number of ether oxygens (including phenoxy) is 1. The lowest BCUT2D eigenvalue weighted by molar-refractivity contribution is 0.0409. The third kappa shape index (κ3) is 8.44. The Labute approximate surface area is 129 Å². The Hall–Kier alpha value is -0.330. The molecule has 4 heteroatoms. The van der Waals surface area contributed by atoms with Crippen LogP contribution in [0.15, 0.2) is 24.3 Å². The van der Waals surface area contributed by atoms with E-state index in [-0.39, 0.29) is 0 Å². The van der Waals surface area contributed by atoms with Crippen molar-refractivity contribution in [2.75, 3.05) is 25.1 Å². The number of hydrogen-bond donors (Lipinski definition) is 2. The fourth-order valence-electron chi connectivity index (χ4n) is 1.68. The van der Waals surface area contributed by atoms with Crippen molar-refractivity contribution in [2.24, 2.45) is 5.92 Å². The van der Waals surface area contributed by atoms with E-state index < -0.39 is 6.10 Å². The smallest absolute Gasteiger partial charge is 0.0945 e. The molecule has 0 radical (unpaired) electrons. The van der Waals surface area contributed by atoms with Gasteiger partial charge in [-0.3, -0.25) is 0 Å². The van der Waals surface area contributed by atoms with Gasteiger partial charge in [0.2, 0.25) is 0 Å². The van der Waals surface area contributed by atoms with Crippen LogP contribution in [0.4, 0.5) is 5.69 Å². The third-order valence-corrected chi connectivity index (χ3v) is 3.49. The maximum atomic E-state index is 9.78. The van der Waals surface area contributed by atoms with Crippen LogP contribution in [0, 0.1) is 9.49 Å². The van der Waals surface area contributed by atoms with Crippen LogP contribution >= 0.6 is 22.6 Å². The Morgan fingerprint density at radius 2 is 1.95 bits per heavy atom. The van der Waals surface area contributed by atoms with E-state index in [0.717, 1.165) is 24.6 Å². The van der Waals surface area contributed by atoms with E-state index in [0.29, 0.717) is 13.2 Å². The van der Waals surface area contributed by atoms with Gasteiger partial charge in [0.15, 0.2) is 0 Å². The van der Waals surface area contributed by atoms with Crippen molar-refractivity contribution >= 4 is 28.3 Å². The van der Waals surface area contributed by atoms with Crippen LogP contribution in [0.2, 0.25) is 0 Å². The summed E-state index contributed by atoms with van der Waals surface area (Å²) in [4.78, 5) is 0. The van der Waals surface area contributed by atoms with Crippen LogP contribution in [0.1, 0.15) is 26.7 Å². The highest BCUT2D eigenvalue weighted by molar-refractivity contribution is 14.1. The molecule has 0 amide bonds. The number of anilines is 1. The molecule has 0 spiro atoms. The molecule has 0 saturated heterocycles. The first kappa shape index (κ1) is 16.7. The zero-order valence-electron chi connectivity index (χ0n) is 11.7. The van der Waals surface area contributed by atoms with Crippen molar-refractivity contribution in [1.29, 1.82) is 0 Å². The van der Waals surface area contributed by atoms with Crippen LogP contribution in [0.25, 0.3) is 0 Å². The van der Waals surface area contributed by atoms with Crippen molar-refractivity contribution in [1.82, 2.24) is 0 Å². The predicted octanol–water partition coefficient (Wildman–Crippen LogP) is 3.52. The molecule has 1 aromatic rings. The van der Waals surface area contributed by atoms with Gasteiger partial charge in [-0.1, -0.05) is 13.8 Å². The maximum absolute atomic E-state index is 9.78. The second-order valence-corrected chi connectivity index (χ2v) is 6.40. The molecule has 3 nitrogen and oxygen atoms in total. The van der Waals surface area contributed by atoms with Crippen LogP contribution < -0.4 is 5.32 Å². The molecule has 0 aliphatic heterocycles. The molecule has 1 aromatic carbocycles. The summed E-state index contributed by atoms with van der Waals surface area (Å²) in [5.74, 6) is 0.719. The first-order valence-electron chi connectivity index (χ1n) is 6.83. The summed E-state index contributed by atoms with van der Waals surface area (Å²) in [7, 11) is 0. The van der Waals surface area contributed by atoms with Gasteiger partial charge in [0.1, 0.15) is 0 Å². The largest absolute Gasteiger partial charge is 0.389 e. The van der Waals surface area contributed by atoms with Gasteiger partial charge in [0.25, 0.3) is 0 Å². The molecule has 108 valence electrons. The van der Waals surface area contributed by atoms with E-state index in [1.165, 1.54) is 9.99 Å². The Morgan fingerprint density at radius 3 is 2.58 bits per heavy atom. The normalized spacial score (nSPS) is 12.7. The van der Waals surface area contributed by atoms with Gasteiger partial charge in [0.05, 0.1) is 12.7 Å². The summed E-state index contributed by atoms with van der Waals surface area (Å²) in [6.07, 6.45) is 1.78. The highest BCUT2D eigenvalue weighted by Gasteiger charge is 2.04. The lowest BCUT2D eigenvalue weighted by Gasteiger charge is -2.13. The fraction of sp³-hybridized carbons (Fsp3) is 0.600. The van der Waals surface area contributed by atoms with Gasteiger partial charge in [0, 0.05) is 22.4 Å². The van der Waals surface area contributed by atoms with E-state index in [4.69, 9.17) is 4.74 Å². The molecule has 0 aliphatic rings. The summed E-state index contributed by atoms with van der Waals surface area (Å²) < 4.78 is 6.67. The van der Waals surface area contributed by atoms with Crippen LogP contribution in [-0.2, 0) is 4.74 Å². The molecule has 1 unspecified atom stereocenters. The monoisotopic (exact) mass is 377 g/mol. The lowest BCUT2D eigenvalue weighted by Crippen LogP contribution is -2.25. The first-order valence-corrected chi connectivity index (χ1v) is 7.91. The van der Waals surface area contributed by atoms with Gasteiger partial charge in [-0.2, -0.15) is 0 Å². The molecule has 0 bridgehead atoms. The molecule has 1 atom stereocenters. The van der Waals surface area contributed by atoms with Gasteiger partial charge < -0.3 is 15.2 Å². The molecule has 19 heavy (non-hydrogen) atoms. The van der Waals surface area contributed by atoms with Gasteiger partial charge in [-0.15, -0.1) is 0 Å². The standard InChI is InChI=1S/C15H24INO2/c1-12(2)4-3-9-19-11-15(18)10-17-14-7-5-13(16)6-8-14/h5-8,12,15,17-18H,3-4,9-11H2,1-2H3. The molecule has 2 N–H and O–H groups in total. The Kier molecular flexibility index (Phi) is 8.41. The second kappa shape index (κ2) is 9.55. The SMILES string of the molecule is CC(C)CCCOCC(O)CNc1ccc(I)cc1. The minimum absolute atomic E-state index is 0.398. The molecular weight excluding hydrogens is 353 g/mol. The lowest BCUT2D eigenvalue weighted by atomic mass is 10.1. The average molecular weight is 377 g/mol. The Morgan fingerprint density at radius 1 is 1.26 bits per heavy atom. The predicted molar refractivity (Wildman–Crippen MR) is 88.5 cm³/mol. The van der Waals surface area contributed by atoms with Gasteiger partial charge in [-0.05, 0) is 65.6 Å². The van der Waals surface area contributed by atoms with Gasteiger partial charge >= 0.3 is 0 Å². The molecule has 0 saturated carbocycles. The number of aliphatic hydroxyl groups is 1. The van der Waals surface area contributed by atoms with E-state index >= 15 is 0 Å². The average Bonchev–Trinajstić information content (AvgIpc) is 2.37. The summed E-state index contributed by atoms with van der Waals surface area (Å²) >= 11 is 2.27. The summed E-state index contributed by atoms with van der Waals surface area (Å²) in [6.45, 7) is 6.07. The fourth-order valence-corrected chi connectivity index (χ4v) is 2.03. The molecule has 0 aliphatic carbocycles. The molecule has 0 fully saturated rings. The molecule has 1 rings (SSSR count). The number of halogens is 1. The highest BCUT2D eigenvalue weighted by atomic mass is 127. The number of aliphatic hydroxyl groups excluding tert-OH is 1. The van der Waals surface area contributed by atoms with Crippen LogP contribution in [0.3, 0.4) is 0 Å². The van der Waals surface area contributed by atoms with Crippen molar-refractivity contribution in [2.45, 2.75) is 32.8 Å². The third-order valence-electron chi connectivity index (χ3n) is 2.77. The van der Waals surface area contributed by atoms with E-state index in [9.17, 15) is 5.11 Å². The zero-order chi connectivity index (χ0) is 14.1. The topological polar surface area (TPSA) is 41.5 Å². The number of hydrogen-bond acceptors (Lipinski definition) is 3. The molecular formula is C15H24INO2. The Bertz CT molecular complexity index is 341. The molecule has 0 aromatic heterocycles. The van der Waals surface area contributed by atoms with Crippen molar-refractivity contribution in [3.8, 4) is 0 Å². The summed E-state index contributed by atoms with van der Waals surface area (Å²) in [6, 6.07) is 8.10. The van der Waals surface area contributed by atoms with Gasteiger partial charge in [-0.25, -0.2) is 0 Å². The van der Waals surface area contributed by atoms with E-state index in [1.807, 2.05) is 24.3 Å².